The molecule has 2 aliphatic rings. The number of carbonyl (C=O) groups is 1. The minimum atomic E-state index is 0.0561. The largest absolute Gasteiger partial charge is 0.337 e. The number of nitrogens with zero attached hydrogens (tertiary/aromatic N) is 4. The molecule has 0 aromatic carbocycles. The summed E-state index contributed by atoms with van der Waals surface area (Å²) in [5.74, 6) is 0.531. The van der Waals surface area contributed by atoms with Crippen LogP contribution in [0.5, 0.6) is 0 Å². The smallest absolute Gasteiger partial charge is 0.274 e. The Balaban J connectivity index is 1.37. The molecule has 4 rings (SSSR count). The molecule has 1 amide bonds. The van der Waals surface area contributed by atoms with Crippen molar-refractivity contribution in [3.05, 3.63) is 35.9 Å². The van der Waals surface area contributed by atoms with E-state index in [1.54, 1.807) is 6.20 Å². The average molecular weight is 328 g/mol. The molecule has 0 saturated carbocycles. The minimum Gasteiger partial charge on any atom is -0.337 e. The highest BCUT2D eigenvalue weighted by Gasteiger charge is 2.27. The van der Waals surface area contributed by atoms with Gasteiger partial charge in [0.05, 0.1) is 6.04 Å². The number of hydrogen-bond donors (Lipinski definition) is 2. The number of nitrogens with one attached hydrogen (secondary N) is 2. The van der Waals surface area contributed by atoms with E-state index in [1.807, 2.05) is 27.9 Å². The van der Waals surface area contributed by atoms with E-state index in [-0.39, 0.29) is 5.91 Å². The van der Waals surface area contributed by atoms with Gasteiger partial charge in [-0.1, -0.05) is 0 Å². The fourth-order valence-electron chi connectivity index (χ4n) is 3.76. The van der Waals surface area contributed by atoms with Crippen LogP contribution in [0, 0.1) is 0 Å². The summed E-state index contributed by atoms with van der Waals surface area (Å²) in [6.07, 6.45) is 7.97. The van der Waals surface area contributed by atoms with Gasteiger partial charge in [0.25, 0.3) is 5.91 Å². The van der Waals surface area contributed by atoms with Crippen LogP contribution in [-0.4, -0.2) is 57.0 Å². The number of hydrogen-bond acceptors (Lipinski definition) is 4. The van der Waals surface area contributed by atoms with E-state index < -0.39 is 0 Å². The lowest BCUT2D eigenvalue weighted by molar-refractivity contribution is 0.0704. The SMILES string of the molecule is O=C(c1ccn(C2CCCNC2)n1)N1CCC(c2ccn[nH]2)CC1. The fourth-order valence-corrected chi connectivity index (χ4v) is 3.76. The quantitative estimate of drug-likeness (QED) is 0.896. The van der Waals surface area contributed by atoms with Crippen molar-refractivity contribution in [3.63, 3.8) is 0 Å². The van der Waals surface area contributed by atoms with Gasteiger partial charge in [0.2, 0.25) is 0 Å². The highest BCUT2D eigenvalue weighted by atomic mass is 16.2. The first-order chi connectivity index (χ1) is 11.8. The number of carbonyl (C=O) groups excluding carboxylic acids is 1. The average Bonchev–Trinajstić information content (AvgIpc) is 3.34. The number of likely N-dealkylation sites (tertiary alicyclic amines) is 1. The van der Waals surface area contributed by atoms with Crippen LogP contribution in [0.2, 0.25) is 0 Å². The van der Waals surface area contributed by atoms with Crippen molar-refractivity contribution >= 4 is 5.91 Å². The molecule has 2 saturated heterocycles. The van der Waals surface area contributed by atoms with Crippen LogP contribution < -0.4 is 5.32 Å². The third-order valence-electron chi connectivity index (χ3n) is 5.22. The highest BCUT2D eigenvalue weighted by molar-refractivity contribution is 5.92. The molecule has 128 valence electrons. The van der Waals surface area contributed by atoms with E-state index >= 15 is 0 Å². The molecule has 24 heavy (non-hydrogen) atoms. The van der Waals surface area contributed by atoms with Crippen molar-refractivity contribution in [2.75, 3.05) is 26.2 Å². The molecule has 0 spiro atoms. The van der Waals surface area contributed by atoms with E-state index in [2.05, 4.69) is 20.6 Å². The Morgan fingerprint density at radius 3 is 2.79 bits per heavy atom. The second-order valence-electron chi connectivity index (χ2n) is 6.76. The molecule has 4 heterocycles. The summed E-state index contributed by atoms with van der Waals surface area (Å²) < 4.78 is 1.96. The summed E-state index contributed by atoms with van der Waals surface area (Å²) in [7, 11) is 0. The lowest BCUT2D eigenvalue weighted by atomic mass is 9.93. The van der Waals surface area contributed by atoms with Gasteiger partial charge in [-0.2, -0.15) is 10.2 Å². The van der Waals surface area contributed by atoms with Crippen molar-refractivity contribution < 1.29 is 4.79 Å². The number of aromatic nitrogens is 4. The molecule has 0 bridgehead atoms. The van der Waals surface area contributed by atoms with Crippen LogP contribution in [-0.2, 0) is 0 Å². The molecule has 2 N–H and O–H groups in total. The summed E-state index contributed by atoms with van der Waals surface area (Å²) in [4.78, 5) is 14.6. The van der Waals surface area contributed by atoms with Gasteiger partial charge in [0.15, 0.2) is 0 Å². The number of amides is 1. The standard InChI is InChI=1S/C17H24N6O/c24-17(16-6-11-23(21-16)14-2-1-7-18-12-14)22-9-4-13(5-10-22)15-3-8-19-20-15/h3,6,8,11,13-14,18H,1-2,4-5,7,9-10,12H2,(H,19,20). The minimum absolute atomic E-state index is 0.0561. The molecule has 2 aromatic heterocycles. The van der Waals surface area contributed by atoms with Gasteiger partial charge >= 0.3 is 0 Å². The van der Waals surface area contributed by atoms with E-state index in [0.29, 0.717) is 17.7 Å². The van der Waals surface area contributed by atoms with E-state index in [0.717, 1.165) is 51.9 Å². The number of aromatic amines is 1. The zero-order chi connectivity index (χ0) is 16.4. The van der Waals surface area contributed by atoms with Crippen LogP contribution in [0.25, 0.3) is 0 Å². The molecule has 2 aliphatic heterocycles. The number of H-pyrrole nitrogens is 1. The Hall–Kier alpha value is -2.15. The Labute approximate surface area is 141 Å². The summed E-state index contributed by atoms with van der Waals surface area (Å²) in [5, 5.41) is 15.0. The van der Waals surface area contributed by atoms with Gasteiger partial charge in [-0.3, -0.25) is 14.6 Å². The van der Waals surface area contributed by atoms with Crippen LogP contribution in [0.1, 0.15) is 53.8 Å². The predicted molar refractivity (Wildman–Crippen MR) is 89.8 cm³/mol. The molecule has 0 aliphatic carbocycles. The highest BCUT2D eigenvalue weighted by Crippen LogP contribution is 2.27. The van der Waals surface area contributed by atoms with Gasteiger partial charge in [-0.25, -0.2) is 0 Å². The van der Waals surface area contributed by atoms with Crippen LogP contribution in [0.15, 0.2) is 24.5 Å². The second kappa shape index (κ2) is 6.76. The van der Waals surface area contributed by atoms with Crippen molar-refractivity contribution in [1.82, 2.24) is 30.2 Å². The van der Waals surface area contributed by atoms with Crippen LogP contribution >= 0.6 is 0 Å². The third kappa shape index (κ3) is 3.08. The predicted octanol–water partition coefficient (Wildman–Crippen LogP) is 1.55. The zero-order valence-corrected chi connectivity index (χ0v) is 13.8. The Morgan fingerprint density at radius 1 is 1.21 bits per heavy atom. The summed E-state index contributed by atoms with van der Waals surface area (Å²) >= 11 is 0. The first-order valence-electron chi connectivity index (χ1n) is 8.85. The fraction of sp³-hybridized carbons (Fsp3) is 0.588. The van der Waals surface area contributed by atoms with E-state index in [4.69, 9.17) is 0 Å². The van der Waals surface area contributed by atoms with Crippen molar-refractivity contribution in [1.29, 1.82) is 0 Å². The molecule has 0 radical (unpaired) electrons. The summed E-state index contributed by atoms with van der Waals surface area (Å²) in [6.45, 7) is 3.57. The van der Waals surface area contributed by atoms with Gasteiger partial charge in [0.1, 0.15) is 5.69 Å². The molecule has 2 fully saturated rings. The maximum absolute atomic E-state index is 12.7. The molecule has 1 atom stereocenters. The summed E-state index contributed by atoms with van der Waals surface area (Å²) in [5.41, 5.74) is 1.75. The Morgan fingerprint density at radius 2 is 2.08 bits per heavy atom. The Bertz CT molecular complexity index is 665. The third-order valence-corrected chi connectivity index (χ3v) is 5.22. The number of piperidine rings is 2. The molecular formula is C17H24N6O. The molecular weight excluding hydrogens is 304 g/mol. The first kappa shape index (κ1) is 15.4. The van der Waals surface area contributed by atoms with Crippen molar-refractivity contribution in [2.45, 2.75) is 37.6 Å². The lowest BCUT2D eigenvalue weighted by Gasteiger charge is -2.31. The van der Waals surface area contributed by atoms with Gasteiger partial charge in [0, 0.05) is 43.6 Å². The maximum Gasteiger partial charge on any atom is 0.274 e. The van der Waals surface area contributed by atoms with Gasteiger partial charge in [-0.05, 0) is 44.4 Å². The molecule has 1 unspecified atom stereocenters. The summed E-state index contributed by atoms with van der Waals surface area (Å²) in [6, 6.07) is 4.26. The van der Waals surface area contributed by atoms with Gasteiger partial charge < -0.3 is 10.2 Å². The second-order valence-corrected chi connectivity index (χ2v) is 6.76. The molecule has 7 heteroatoms. The van der Waals surface area contributed by atoms with E-state index in [1.165, 1.54) is 5.69 Å². The number of rotatable bonds is 3. The Kier molecular flexibility index (Phi) is 4.34. The normalized spacial score (nSPS) is 22.7. The monoisotopic (exact) mass is 328 g/mol. The van der Waals surface area contributed by atoms with Crippen molar-refractivity contribution in [3.8, 4) is 0 Å². The lowest BCUT2D eigenvalue weighted by Crippen LogP contribution is -2.38. The maximum atomic E-state index is 12.7. The van der Waals surface area contributed by atoms with Crippen LogP contribution in [0.4, 0.5) is 0 Å². The van der Waals surface area contributed by atoms with Crippen LogP contribution in [0.3, 0.4) is 0 Å². The topological polar surface area (TPSA) is 78.8 Å². The zero-order valence-electron chi connectivity index (χ0n) is 13.8. The van der Waals surface area contributed by atoms with Gasteiger partial charge in [-0.15, -0.1) is 0 Å². The van der Waals surface area contributed by atoms with Crippen molar-refractivity contribution in [2.24, 2.45) is 0 Å². The molecule has 7 nitrogen and oxygen atoms in total. The molecule has 2 aromatic rings. The van der Waals surface area contributed by atoms with E-state index in [9.17, 15) is 4.79 Å². The first-order valence-corrected chi connectivity index (χ1v) is 8.85.